The van der Waals surface area contributed by atoms with E-state index in [1.807, 2.05) is 6.08 Å². The van der Waals surface area contributed by atoms with Gasteiger partial charge >= 0.3 is 11.9 Å². The Kier molecular flexibility index (Phi) is 9.34. The number of aliphatic hydroxyl groups is 1. The molecule has 1 aliphatic heterocycles. The van der Waals surface area contributed by atoms with Crippen LogP contribution in [0.1, 0.15) is 45.4 Å². The van der Waals surface area contributed by atoms with Gasteiger partial charge in [0.05, 0.1) is 12.3 Å². The van der Waals surface area contributed by atoms with Gasteiger partial charge in [-0.2, -0.15) is 0 Å². The minimum atomic E-state index is -0.402. The first-order valence-corrected chi connectivity index (χ1v) is 6.10. The summed E-state index contributed by atoms with van der Waals surface area (Å²) < 4.78 is 4.44. The summed E-state index contributed by atoms with van der Waals surface area (Å²) in [7, 11) is 1.00. The summed E-state index contributed by atoms with van der Waals surface area (Å²) in [6.07, 6.45) is 9.86. The molecular weight excluding hydrogens is 220 g/mol. The van der Waals surface area contributed by atoms with E-state index in [0.717, 1.165) is 20.0 Å². The lowest BCUT2D eigenvalue weighted by Gasteiger charge is -1.96. The summed E-state index contributed by atoms with van der Waals surface area (Å²) in [4.78, 5) is 21.8. The predicted octanol–water partition coefficient (Wildman–Crippen LogP) is 2.21. The third-order valence-electron chi connectivity index (χ3n) is 2.50. The van der Waals surface area contributed by atoms with Crippen LogP contribution < -0.4 is 0 Å². The van der Waals surface area contributed by atoms with E-state index in [1.54, 1.807) is 6.08 Å². The van der Waals surface area contributed by atoms with Gasteiger partial charge in [-0.1, -0.05) is 38.3 Å². The molecule has 4 nitrogen and oxygen atoms in total. The van der Waals surface area contributed by atoms with Crippen molar-refractivity contribution in [2.75, 3.05) is 7.11 Å². The normalized spacial score (nSPS) is 19.1. The molecule has 0 aromatic heterocycles. The van der Waals surface area contributed by atoms with Crippen LogP contribution in [0.2, 0.25) is 0 Å². The molecule has 1 aliphatic rings. The largest absolute Gasteiger partial charge is 0.400 e. The summed E-state index contributed by atoms with van der Waals surface area (Å²) >= 11 is 0. The molecule has 1 saturated heterocycles. The number of carbonyl (C=O) groups is 2. The SMILES string of the molecule is CCCCCCC=CC1CC(=O)OC1=O.CO. The van der Waals surface area contributed by atoms with Crippen molar-refractivity contribution >= 4 is 11.9 Å². The van der Waals surface area contributed by atoms with E-state index in [2.05, 4.69) is 11.7 Å². The van der Waals surface area contributed by atoms with Crippen molar-refractivity contribution in [1.82, 2.24) is 0 Å². The lowest BCUT2D eigenvalue weighted by molar-refractivity contribution is -0.152. The third-order valence-corrected chi connectivity index (χ3v) is 2.50. The zero-order valence-electron chi connectivity index (χ0n) is 10.6. The maximum absolute atomic E-state index is 11.1. The number of unbranched alkanes of at least 4 members (excludes halogenated alkanes) is 4. The molecule has 17 heavy (non-hydrogen) atoms. The zero-order chi connectivity index (χ0) is 13.1. The van der Waals surface area contributed by atoms with E-state index < -0.39 is 11.9 Å². The van der Waals surface area contributed by atoms with Crippen LogP contribution in [-0.2, 0) is 14.3 Å². The highest BCUT2D eigenvalue weighted by Crippen LogP contribution is 2.17. The molecule has 1 rings (SSSR count). The van der Waals surface area contributed by atoms with E-state index in [1.165, 1.54) is 19.3 Å². The van der Waals surface area contributed by atoms with Crippen molar-refractivity contribution in [2.45, 2.75) is 45.4 Å². The van der Waals surface area contributed by atoms with Gasteiger partial charge in [0.1, 0.15) is 0 Å². The molecule has 0 radical (unpaired) electrons. The maximum atomic E-state index is 11.1. The van der Waals surface area contributed by atoms with Crippen molar-refractivity contribution in [3.05, 3.63) is 12.2 Å². The second-order valence-electron chi connectivity index (χ2n) is 3.88. The summed E-state index contributed by atoms with van der Waals surface area (Å²) in [5, 5.41) is 7.00. The van der Waals surface area contributed by atoms with Crippen LogP contribution in [0.4, 0.5) is 0 Å². The Hall–Kier alpha value is -1.16. The molecule has 1 N–H and O–H groups in total. The molecule has 1 fully saturated rings. The molecule has 0 saturated carbocycles. The van der Waals surface area contributed by atoms with Crippen LogP contribution >= 0.6 is 0 Å². The average molecular weight is 242 g/mol. The number of rotatable bonds is 6. The van der Waals surface area contributed by atoms with Crippen molar-refractivity contribution in [1.29, 1.82) is 0 Å². The number of hydrogen-bond donors (Lipinski definition) is 1. The number of hydrogen-bond acceptors (Lipinski definition) is 4. The first-order valence-electron chi connectivity index (χ1n) is 6.10. The number of aliphatic hydroxyl groups excluding tert-OH is 1. The van der Waals surface area contributed by atoms with Gasteiger partial charge in [-0.05, 0) is 12.8 Å². The first kappa shape index (κ1) is 15.8. The molecule has 1 atom stereocenters. The molecule has 1 heterocycles. The highest BCUT2D eigenvalue weighted by Gasteiger charge is 2.30. The van der Waals surface area contributed by atoms with Crippen molar-refractivity contribution in [3.8, 4) is 0 Å². The second-order valence-corrected chi connectivity index (χ2v) is 3.88. The summed E-state index contributed by atoms with van der Waals surface area (Å²) in [6.45, 7) is 2.18. The van der Waals surface area contributed by atoms with Crippen molar-refractivity contribution < 1.29 is 19.4 Å². The molecule has 0 amide bonds. The zero-order valence-corrected chi connectivity index (χ0v) is 10.6. The molecule has 0 aromatic carbocycles. The van der Waals surface area contributed by atoms with Crippen LogP contribution in [0.15, 0.2) is 12.2 Å². The molecule has 0 spiro atoms. The quantitative estimate of drug-likeness (QED) is 0.336. The highest BCUT2D eigenvalue weighted by molar-refractivity contribution is 5.95. The fourth-order valence-corrected chi connectivity index (χ4v) is 1.59. The van der Waals surface area contributed by atoms with Gasteiger partial charge in [0.15, 0.2) is 0 Å². The molecule has 0 aromatic rings. The van der Waals surface area contributed by atoms with Gasteiger partial charge in [-0.25, -0.2) is 0 Å². The summed E-state index contributed by atoms with van der Waals surface area (Å²) in [5.41, 5.74) is 0. The van der Waals surface area contributed by atoms with E-state index in [-0.39, 0.29) is 12.3 Å². The molecule has 98 valence electrons. The van der Waals surface area contributed by atoms with Gasteiger partial charge in [0.25, 0.3) is 0 Å². The molecule has 0 aliphatic carbocycles. The Bertz CT molecular complexity index is 258. The fraction of sp³-hybridized carbons (Fsp3) is 0.692. The molecular formula is C13H22O4. The molecule has 1 unspecified atom stereocenters. The number of esters is 2. The Morgan fingerprint density at radius 3 is 2.53 bits per heavy atom. The van der Waals surface area contributed by atoms with E-state index >= 15 is 0 Å². The Morgan fingerprint density at radius 2 is 2.00 bits per heavy atom. The first-order chi connectivity index (χ1) is 8.24. The monoisotopic (exact) mass is 242 g/mol. The van der Waals surface area contributed by atoms with Gasteiger partial charge in [0, 0.05) is 7.11 Å². The number of carbonyl (C=O) groups excluding carboxylic acids is 2. The Labute approximate surface area is 103 Å². The summed E-state index contributed by atoms with van der Waals surface area (Å²) in [6, 6.07) is 0. The van der Waals surface area contributed by atoms with Gasteiger partial charge in [0.2, 0.25) is 0 Å². The van der Waals surface area contributed by atoms with Gasteiger partial charge in [-0.3, -0.25) is 9.59 Å². The van der Waals surface area contributed by atoms with E-state index in [9.17, 15) is 9.59 Å². The van der Waals surface area contributed by atoms with E-state index in [0.29, 0.717) is 0 Å². The Morgan fingerprint density at radius 1 is 1.29 bits per heavy atom. The second kappa shape index (κ2) is 10.0. The number of cyclic esters (lactones) is 2. The average Bonchev–Trinajstić information content (AvgIpc) is 2.65. The lowest BCUT2D eigenvalue weighted by Crippen LogP contribution is -2.03. The third kappa shape index (κ3) is 6.89. The maximum Gasteiger partial charge on any atom is 0.321 e. The van der Waals surface area contributed by atoms with Crippen LogP contribution in [0.5, 0.6) is 0 Å². The number of ether oxygens (including phenoxy) is 1. The fourth-order valence-electron chi connectivity index (χ4n) is 1.59. The van der Waals surface area contributed by atoms with Crippen molar-refractivity contribution in [3.63, 3.8) is 0 Å². The van der Waals surface area contributed by atoms with Crippen LogP contribution in [0, 0.1) is 5.92 Å². The van der Waals surface area contributed by atoms with Crippen molar-refractivity contribution in [2.24, 2.45) is 5.92 Å². The minimum Gasteiger partial charge on any atom is -0.400 e. The number of allylic oxidation sites excluding steroid dienone is 1. The Balaban J connectivity index is 0.00000121. The van der Waals surface area contributed by atoms with Gasteiger partial charge in [-0.15, -0.1) is 0 Å². The van der Waals surface area contributed by atoms with Crippen LogP contribution in [-0.4, -0.2) is 24.2 Å². The standard InChI is InChI=1S/C12H18O3.CH4O/c1-2-3-4-5-6-7-8-10-9-11(13)15-12(10)14;1-2/h7-8,10H,2-6,9H2,1H3;2H,1H3. The van der Waals surface area contributed by atoms with Gasteiger partial charge < -0.3 is 9.84 Å². The lowest BCUT2D eigenvalue weighted by atomic mass is 10.1. The molecule has 0 bridgehead atoms. The highest BCUT2D eigenvalue weighted by atomic mass is 16.6. The minimum absolute atomic E-state index is 0.213. The topological polar surface area (TPSA) is 63.6 Å². The van der Waals surface area contributed by atoms with Crippen LogP contribution in [0.3, 0.4) is 0 Å². The predicted molar refractivity (Wildman–Crippen MR) is 65.2 cm³/mol. The van der Waals surface area contributed by atoms with Crippen LogP contribution in [0.25, 0.3) is 0 Å². The van der Waals surface area contributed by atoms with E-state index in [4.69, 9.17) is 5.11 Å². The molecule has 4 heteroatoms. The summed E-state index contributed by atoms with van der Waals surface area (Å²) in [5.74, 6) is -1.13. The smallest absolute Gasteiger partial charge is 0.321 e.